The molecule has 13 heavy (non-hydrogen) atoms. The maximum atomic E-state index is 11.1. The number of ketones is 1. The lowest BCUT2D eigenvalue weighted by molar-refractivity contribution is 0.101. The topological polar surface area (TPSA) is 47.8 Å². The van der Waals surface area contributed by atoms with Crippen molar-refractivity contribution in [3.8, 4) is 0 Å². The minimum Gasteiger partial charge on any atom is -0.293 e. The molecule has 0 atom stereocenters. The summed E-state index contributed by atoms with van der Waals surface area (Å²) in [6, 6.07) is 0. The molecule has 0 aliphatic rings. The zero-order chi connectivity index (χ0) is 10.2. The van der Waals surface area contributed by atoms with E-state index in [1.165, 1.54) is 6.92 Å². The van der Waals surface area contributed by atoms with Crippen molar-refractivity contribution >= 4 is 5.78 Å². The number of carbonyl (C=O) groups is 1. The number of carbonyl (C=O) groups excluding carboxylic acids is 1. The van der Waals surface area contributed by atoms with E-state index < -0.39 is 0 Å². The summed E-state index contributed by atoms with van der Waals surface area (Å²) in [5, 5.41) is 7.80. The van der Waals surface area contributed by atoms with Crippen molar-refractivity contribution in [2.75, 3.05) is 0 Å². The van der Waals surface area contributed by atoms with Gasteiger partial charge in [0.05, 0.1) is 11.2 Å². The van der Waals surface area contributed by atoms with Gasteiger partial charge in [-0.2, -0.15) is 0 Å². The van der Waals surface area contributed by atoms with E-state index >= 15 is 0 Å². The van der Waals surface area contributed by atoms with Gasteiger partial charge in [0.15, 0.2) is 11.5 Å². The zero-order valence-corrected chi connectivity index (χ0v) is 8.75. The largest absolute Gasteiger partial charge is 0.293 e. The van der Waals surface area contributed by atoms with Crippen molar-refractivity contribution in [3.63, 3.8) is 0 Å². The summed E-state index contributed by atoms with van der Waals surface area (Å²) >= 11 is 0. The van der Waals surface area contributed by atoms with Crippen molar-refractivity contribution in [2.45, 2.75) is 40.2 Å². The molecule has 0 spiro atoms. The van der Waals surface area contributed by atoms with Gasteiger partial charge in [-0.3, -0.25) is 4.79 Å². The molecule has 0 saturated heterocycles. The van der Waals surface area contributed by atoms with Crippen molar-refractivity contribution in [1.29, 1.82) is 0 Å². The Labute approximate surface area is 77.9 Å². The van der Waals surface area contributed by atoms with E-state index in [4.69, 9.17) is 0 Å². The Morgan fingerprint density at radius 1 is 1.38 bits per heavy atom. The van der Waals surface area contributed by atoms with Crippen molar-refractivity contribution in [2.24, 2.45) is 0 Å². The van der Waals surface area contributed by atoms with Crippen LogP contribution in [0.2, 0.25) is 0 Å². The van der Waals surface area contributed by atoms with E-state index in [-0.39, 0.29) is 11.3 Å². The van der Waals surface area contributed by atoms with Crippen LogP contribution in [-0.4, -0.2) is 20.8 Å². The smallest absolute Gasteiger partial charge is 0.181 e. The second-order valence-corrected chi connectivity index (χ2v) is 4.16. The molecule has 1 aromatic heterocycles. The van der Waals surface area contributed by atoms with Crippen LogP contribution in [0, 0.1) is 6.92 Å². The fourth-order valence-corrected chi connectivity index (χ4v) is 1.29. The minimum absolute atomic E-state index is 0.0343. The molecule has 1 rings (SSSR count). The third-order valence-corrected chi connectivity index (χ3v) is 1.86. The van der Waals surface area contributed by atoms with E-state index in [1.54, 1.807) is 4.68 Å². The van der Waals surface area contributed by atoms with Gasteiger partial charge in [-0.25, -0.2) is 4.68 Å². The number of hydrogen-bond donors (Lipinski definition) is 0. The fourth-order valence-electron chi connectivity index (χ4n) is 1.29. The second kappa shape index (κ2) is 2.94. The third-order valence-electron chi connectivity index (χ3n) is 1.86. The summed E-state index contributed by atoms with van der Waals surface area (Å²) in [4.78, 5) is 11.1. The lowest BCUT2D eigenvalue weighted by atomic mass is 10.1. The molecular weight excluding hydrogens is 166 g/mol. The molecule has 0 aliphatic carbocycles. The van der Waals surface area contributed by atoms with E-state index in [0.717, 1.165) is 5.69 Å². The lowest BCUT2D eigenvalue weighted by Crippen LogP contribution is -2.24. The first-order valence-electron chi connectivity index (χ1n) is 4.27. The standard InChI is InChI=1S/C9H15N3O/c1-6-8(7(2)13)10-11-12(6)9(3,4)5/h1-5H3. The number of hydrogen-bond acceptors (Lipinski definition) is 3. The predicted octanol–water partition coefficient (Wildman–Crippen LogP) is 1.54. The van der Waals surface area contributed by atoms with Crippen LogP contribution < -0.4 is 0 Å². The number of aromatic nitrogens is 3. The second-order valence-electron chi connectivity index (χ2n) is 4.16. The van der Waals surface area contributed by atoms with Gasteiger partial charge in [0, 0.05) is 6.92 Å². The average Bonchev–Trinajstić information content (AvgIpc) is 2.28. The van der Waals surface area contributed by atoms with Gasteiger partial charge in [-0.05, 0) is 27.7 Å². The van der Waals surface area contributed by atoms with Crippen molar-refractivity contribution in [1.82, 2.24) is 15.0 Å². The molecule has 0 fully saturated rings. The Hall–Kier alpha value is -1.19. The zero-order valence-electron chi connectivity index (χ0n) is 8.75. The molecule has 0 saturated carbocycles. The van der Waals surface area contributed by atoms with E-state index in [0.29, 0.717) is 5.69 Å². The van der Waals surface area contributed by atoms with Crippen LogP contribution in [0.5, 0.6) is 0 Å². The Morgan fingerprint density at radius 2 is 1.92 bits per heavy atom. The van der Waals surface area contributed by atoms with Gasteiger partial charge >= 0.3 is 0 Å². The molecule has 0 unspecified atom stereocenters. The van der Waals surface area contributed by atoms with E-state index in [2.05, 4.69) is 10.3 Å². The SMILES string of the molecule is CC(=O)c1nnn(C(C)(C)C)c1C. The summed E-state index contributed by atoms with van der Waals surface area (Å²) < 4.78 is 1.77. The molecule has 1 heterocycles. The van der Waals surface area contributed by atoms with Gasteiger partial charge in [-0.15, -0.1) is 5.10 Å². The first-order chi connectivity index (χ1) is 5.84. The quantitative estimate of drug-likeness (QED) is 0.617. The van der Waals surface area contributed by atoms with E-state index in [1.807, 2.05) is 27.7 Å². The molecule has 0 bridgehead atoms. The van der Waals surface area contributed by atoms with Gasteiger partial charge in [0.2, 0.25) is 0 Å². The van der Waals surface area contributed by atoms with Gasteiger partial charge < -0.3 is 0 Å². The summed E-state index contributed by atoms with van der Waals surface area (Å²) in [6.45, 7) is 9.45. The Kier molecular flexibility index (Phi) is 2.24. The molecule has 0 amide bonds. The Bertz CT molecular complexity index is 333. The summed E-state index contributed by atoms with van der Waals surface area (Å²) in [6.07, 6.45) is 0. The monoisotopic (exact) mass is 181 g/mol. The average molecular weight is 181 g/mol. The maximum Gasteiger partial charge on any atom is 0.181 e. The lowest BCUT2D eigenvalue weighted by Gasteiger charge is -2.19. The number of rotatable bonds is 1. The van der Waals surface area contributed by atoms with Gasteiger partial charge in [-0.1, -0.05) is 5.21 Å². The molecule has 1 aromatic rings. The van der Waals surface area contributed by atoms with Gasteiger partial charge in [0.25, 0.3) is 0 Å². The molecule has 4 nitrogen and oxygen atoms in total. The van der Waals surface area contributed by atoms with Crippen molar-refractivity contribution < 1.29 is 4.79 Å². The third kappa shape index (κ3) is 1.76. The molecule has 72 valence electrons. The van der Waals surface area contributed by atoms with Crippen LogP contribution >= 0.6 is 0 Å². The number of Topliss-reactive ketones (excluding diaryl/α,β-unsaturated/α-hetero) is 1. The van der Waals surface area contributed by atoms with Crippen molar-refractivity contribution in [3.05, 3.63) is 11.4 Å². The van der Waals surface area contributed by atoms with Crippen LogP contribution in [0.25, 0.3) is 0 Å². The molecule has 0 aliphatic heterocycles. The fraction of sp³-hybridized carbons (Fsp3) is 0.667. The molecule has 0 aromatic carbocycles. The summed E-state index contributed by atoms with van der Waals surface area (Å²) in [7, 11) is 0. The summed E-state index contributed by atoms with van der Waals surface area (Å²) in [5.41, 5.74) is 1.18. The molecule has 0 N–H and O–H groups in total. The van der Waals surface area contributed by atoms with E-state index in [9.17, 15) is 4.79 Å². The Balaban J connectivity index is 3.22. The van der Waals surface area contributed by atoms with Crippen LogP contribution in [0.3, 0.4) is 0 Å². The molecule has 4 heteroatoms. The minimum atomic E-state index is -0.120. The Morgan fingerprint density at radius 3 is 2.15 bits per heavy atom. The number of nitrogens with zero attached hydrogens (tertiary/aromatic N) is 3. The maximum absolute atomic E-state index is 11.1. The predicted molar refractivity (Wildman–Crippen MR) is 49.8 cm³/mol. The van der Waals surface area contributed by atoms with Crippen LogP contribution in [0.1, 0.15) is 43.9 Å². The molecular formula is C9H15N3O. The highest BCUT2D eigenvalue weighted by molar-refractivity contribution is 5.92. The first kappa shape index (κ1) is 9.89. The van der Waals surface area contributed by atoms with Crippen LogP contribution in [-0.2, 0) is 5.54 Å². The van der Waals surface area contributed by atoms with Gasteiger partial charge in [0.1, 0.15) is 0 Å². The summed E-state index contributed by atoms with van der Waals surface area (Å²) in [5.74, 6) is -0.0343. The highest BCUT2D eigenvalue weighted by atomic mass is 16.1. The highest BCUT2D eigenvalue weighted by Crippen LogP contribution is 2.16. The first-order valence-corrected chi connectivity index (χ1v) is 4.27. The molecule has 0 radical (unpaired) electrons. The normalized spacial score (nSPS) is 11.8. The van der Waals surface area contributed by atoms with Crippen LogP contribution in [0.15, 0.2) is 0 Å². The van der Waals surface area contributed by atoms with Crippen LogP contribution in [0.4, 0.5) is 0 Å². The highest BCUT2D eigenvalue weighted by Gasteiger charge is 2.20.